The zero-order valence-electron chi connectivity index (χ0n) is 13.2. The number of nitrogens with zero attached hydrogens (tertiary/aromatic N) is 2. The van der Waals surface area contributed by atoms with E-state index in [-0.39, 0.29) is 5.91 Å². The average Bonchev–Trinajstić information content (AvgIpc) is 3.10. The summed E-state index contributed by atoms with van der Waals surface area (Å²) in [4.78, 5) is 18.8. The van der Waals surface area contributed by atoms with E-state index in [0.717, 1.165) is 25.2 Å². The van der Waals surface area contributed by atoms with E-state index in [9.17, 15) is 4.79 Å². The number of anilines is 1. The highest BCUT2D eigenvalue weighted by Crippen LogP contribution is 2.20. The van der Waals surface area contributed by atoms with Gasteiger partial charge in [-0.25, -0.2) is 4.98 Å². The second-order valence-electron chi connectivity index (χ2n) is 6.21. The summed E-state index contributed by atoms with van der Waals surface area (Å²) in [6.07, 6.45) is 12.6. The maximum absolute atomic E-state index is 12.1. The Morgan fingerprint density at radius 2 is 2.05 bits per heavy atom. The highest BCUT2D eigenvalue weighted by molar-refractivity contribution is 5.92. The third-order valence-electron chi connectivity index (χ3n) is 4.57. The van der Waals surface area contributed by atoms with Crippen molar-refractivity contribution in [3.05, 3.63) is 35.7 Å². The lowest BCUT2D eigenvalue weighted by Crippen LogP contribution is -2.26. The molecule has 1 saturated heterocycles. The zero-order valence-corrected chi connectivity index (χ0v) is 13.2. The lowest BCUT2D eigenvalue weighted by atomic mass is 9.97. The summed E-state index contributed by atoms with van der Waals surface area (Å²) in [6.45, 7) is 2.91. The van der Waals surface area contributed by atoms with E-state index < -0.39 is 0 Å². The van der Waals surface area contributed by atoms with E-state index in [4.69, 9.17) is 0 Å². The topological polar surface area (TPSA) is 45.2 Å². The molecule has 0 atom stereocenters. The van der Waals surface area contributed by atoms with Gasteiger partial charge in [0.2, 0.25) is 0 Å². The van der Waals surface area contributed by atoms with Gasteiger partial charge < -0.3 is 10.2 Å². The van der Waals surface area contributed by atoms with Gasteiger partial charge in [0.25, 0.3) is 5.91 Å². The molecule has 4 nitrogen and oxygen atoms in total. The highest BCUT2D eigenvalue weighted by atomic mass is 16.1. The molecule has 0 spiro atoms. The molecule has 1 fully saturated rings. The van der Waals surface area contributed by atoms with E-state index in [1.165, 1.54) is 44.1 Å². The molecule has 1 amide bonds. The van der Waals surface area contributed by atoms with Crippen LogP contribution in [0.1, 0.15) is 55.4 Å². The number of hydrogen-bond donors (Lipinski definition) is 1. The minimum Gasteiger partial charge on any atom is -0.370 e. The van der Waals surface area contributed by atoms with Gasteiger partial charge in [0, 0.05) is 19.6 Å². The molecule has 1 aliphatic heterocycles. The average molecular weight is 299 g/mol. The maximum atomic E-state index is 12.1. The molecule has 2 heterocycles. The molecule has 0 radical (unpaired) electrons. The van der Waals surface area contributed by atoms with Gasteiger partial charge in [-0.2, -0.15) is 0 Å². The summed E-state index contributed by atoms with van der Waals surface area (Å²) < 4.78 is 0. The monoisotopic (exact) mass is 299 g/mol. The Morgan fingerprint density at radius 3 is 2.73 bits per heavy atom. The van der Waals surface area contributed by atoms with Crippen molar-refractivity contribution in [3.8, 4) is 0 Å². The van der Waals surface area contributed by atoms with Gasteiger partial charge in [0.1, 0.15) is 5.69 Å². The smallest absolute Gasteiger partial charge is 0.269 e. The SMILES string of the molecule is O=C(NCCC1=CCCCC1)c1ccc(N2CCCC2)cn1. The Kier molecular flexibility index (Phi) is 5.09. The van der Waals surface area contributed by atoms with E-state index in [1.54, 1.807) is 0 Å². The molecule has 0 saturated carbocycles. The zero-order chi connectivity index (χ0) is 15.2. The Balaban J connectivity index is 1.48. The van der Waals surface area contributed by atoms with Crippen LogP contribution in [0.2, 0.25) is 0 Å². The molecule has 2 aliphatic rings. The van der Waals surface area contributed by atoms with Gasteiger partial charge in [0.15, 0.2) is 0 Å². The van der Waals surface area contributed by atoms with Crippen molar-refractivity contribution < 1.29 is 4.79 Å². The third-order valence-corrected chi connectivity index (χ3v) is 4.57. The fourth-order valence-electron chi connectivity index (χ4n) is 3.24. The van der Waals surface area contributed by atoms with Crippen LogP contribution in [0.15, 0.2) is 30.0 Å². The van der Waals surface area contributed by atoms with Crippen LogP contribution in [-0.4, -0.2) is 30.5 Å². The number of aromatic nitrogens is 1. The number of rotatable bonds is 5. The Labute approximate surface area is 132 Å². The van der Waals surface area contributed by atoms with Gasteiger partial charge in [-0.15, -0.1) is 0 Å². The molecule has 0 bridgehead atoms. The summed E-state index contributed by atoms with van der Waals surface area (Å²) in [5.41, 5.74) is 3.13. The van der Waals surface area contributed by atoms with E-state index in [0.29, 0.717) is 12.2 Å². The van der Waals surface area contributed by atoms with Gasteiger partial charge in [0.05, 0.1) is 11.9 Å². The fraction of sp³-hybridized carbons (Fsp3) is 0.556. The van der Waals surface area contributed by atoms with Crippen molar-refractivity contribution in [3.63, 3.8) is 0 Å². The van der Waals surface area contributed by atoms with Gasteiger partial charge in [-0.3, -0.25) is 4.79 Å². The summed E-state index contributed by atoms with van der Waals surface area (Å²) in [5, 5.41) is 2.98. The predicted molar refractivity (Wildman–Crippen MR) is 89.2 cm³/mol. The normalized spacial score (nSPS) is 18.2. The Hall–Kier alpha value is -1.84. The minimum absolute atomic E-state index is 0.0654. The standard InChI is InChI=1S/C18H25N3O/c22-18(19-11-10-15-6-2-1-3-7-15)17-9-8-16(14-20-17)21-12-4-5-13-21/h6,8-9,14H,1-5,7,10-13H2,(H,19,22). The van der Waals surface area contributed by atoms with Crippen molar-refractivity contribution in [2.75, 3.05) is 24.5 Å². The second-order valence-corrected chi connectivity index (χ2v) is 6.21. The Morgan fingerprint density at radius 1 is 1.18 bits per heavy atom. The molecule has 4 heteroatoms. The molecule has 22 heavy (non-hydrogen) atoms. The molecule has 1 aromatic heterocycles. The van der Waals surface area contributed by atoms with Gasteiger partial charge >= 0.3 is 0 Å². The number of pyridine rings is 1. The minimum atomic E-state index is -0.0654. The van der Waals surface area contributed by atoms with Crippen molar-refractivity contribution in [2.45, 2.75) is 44.9 Å². The van der Waals surface area contributed by atoms with E-state index in [1.807, 2.05) is 18.3 Å². The summed E-state index contributed by atoms with van der Waals surface area (Å²) in [7, 11) is 0. The van der Waals surface area contributed by atoms with Crippen molar-refractivity contribution >= 4 is 11.6 Å². The van der Waals surface area contributed by atoms with Crippen LogP contribution in [-0.2, 0) is 0 Å². The second kappa shape index (κ2) is 7.43. The number of nitrogens with one attached hydrogen (secondary N) is 1. The molecule has 1 aliphatic carbocycles. The number of amides is 1. The number of carbonyl (C=O) groups is 1. The molecule has 0 aromatic carbocycles. The lowest BCUT2D eigenvalue weighted by Gasteiger charge is -2.17. The van der Waals surface area contributed by atoms with Crippen molar-refractivity contribution in [1.82, 2.24) is 10.3 Å². The molecular formula is C18H25N3O. The molecule has 118 valence electrons. The van der Waals surface area contributed by atoms with E-state index >= 15 is 0 Å². The Bertz CT molecular complexity index is 530. The van der Waals surface area contributed by atoms with Gasteiger partial charge in [-0.1, -0.05) is 11.6 Å². The first kappa shape index (κ1) is 15.1. The predicted octanol–water partition coefficient (Wildman–Crippen LogP) is 3.30. The van der Waals surface area contributed by atoms with Crippen LogP contribution in [0.4, 0.5) is 5.69 Å². The summed E-state index contributed by atoms with van der Waals surface area (Å²) in [6, 6.07) is 3.85. The number of allylic oxidation sites excluding steroid dienone is 1. The quantitative estimate of drug-likeness (QED) is 0.849. The van der Waals surface area contributed by atoms with Crippen molar-refractivity contribution in [1.29, 1.82) is 0 Å². The van der Waals surface area contributed by atoms with Crippen LogP contribution < -0.4 is 10.2 Å². The van der Waals surface area contributed by atoms with Crippen LogP contribution in [0.3, 0.4) is 0 Å². The summed E-state index contributed by atoms with van der Waals surface area (Å²) >= 11 is 0. The summed E-state index contributed by atoms with van der Waals surface area (Å²) in [5.74, 6) is -0.0654. The first-order valence-corrected chi connectivity index (χ1v) is 8.50. The third kappa shape index (κ3) is 3.87. The van der Waals surface area contributed by atoms with E-state index in [2.05, 4.69) is 21.3 Å². The lowest BCUT2D eigenvalue weighted by molar-refractivity contribution is 0.0949. The van der Waals surface area contributed by atoms with Crippen molar-refractivity contribution in [2.24, 2.45) is 0 Å². The van der Waals surface area contributed by atoms with Crippen LogP contribution >= 0.6 is 0 Å². The fourth-order valence-corrected chi connectivity index (χ4v) is 3.24. The van der Waals surface area contributed by atoms with Crippen LogP contribution in [0, 0.1) is 0 Å². The molecule has 1 N–H and O–H groups in total. The van der Waals surface area contributed by atoms with Gasteiger partial charge in [-0.05, 0) is 57.1 Å². The molecule has 1 aromatic rings. The largest absolute Gasteiger partial charge is 0.370 e. The first-order chi connectivity index (χ1) is 10.8. The first-order valence-electron chi connectivity index (χ1n) is 8.50. The molecular weight excluding hydrogens is 274 g/mol. The molecule has 0 unspecified atom stereocenters. The number of hydrogen-bond acceptors (Lipinski definition) is 3. The molecule has 3 rings (SSSR count). The number of carbonyl (C=O) groups excluding carboxylic acids is 1. The maximum Gasteiger partial charge on any atom is 0.269 e. The highest BCUT2D eigenvalue weighted by Gasteiger charge is 2.14. The van der Waals surface area contributed by atoms with Crippen LogP contribution in [0.5, 0.6) is 0 Å². The van der Waals surface area contributed by atoms with Crippen LogP contribution in [0.25, 0.3) is 0 Å².